The number of carbonyl (C=O) groups is 1. The number of ether oxygens (including phenoxy) is 2. The molecule has 0 aromatic carbocycles. The van der Waals surface area contributed by atoms with Crippen molar-refractivity contribution in [2.75, 3.05) is 34.5 Å². The summed E-state index contributed by atoms with van der Waals surface area (Å²) in [5.74, 6) is 6.38. The van der Waals surface area contributed by atoms with Crippen molar-refractivity contribution in [3.63, 3.8) is 0 Å². The molecule has 0 aromatic rings. The summed E-state index contributed by atoms with van der Waals surface area (Å²) < 4.78 is 9.99. The quantitative estimate of drug-likeness (QED) is 0.603. The van der Waals surface area contributed by atoms with E-state index in [4.69, 9.17) is 9.84 Å². The van der Waals surface area contributed by atoms with Gasteiger partial charge in [-0.15, -0.1) is 0 Å². The maximum atomic E-state index is 11.1. The summed E-state index contributed by atoms with van der Waals surface area (Å²) in [5.41, 5.74) is 0.474. The van der Waals surface area contributed by atoms with Crippen LogP contribution in [0.2, 0.25) is 0 Å². The fourth-order valence-electron chi connectivity index (χ4n) is 7.95. The highest BCUT2D eigenvalue weighted by molar-refractivity contribution is 5.50. The Bertz CT molecular complexity index is 493. The standard InChI is InChI=1S/C22H36O2.C3H8O.CH4O/c1-22-11-9-19-18-6-3-15(14-24-2)13-16(18)4-7-20(19)21(22)8-5-17(22)10-12-23;1-3-4-2;1-2/h12,15-21H,3-11,13-14H2,1-2H3;3H2,1-2H3;2H,1H3. The predicted molar refractivity (Wildman–Crippen MR) is 122 cm³/mol. The molecule has 0 radical (unpaired) electrons. The fourth-order valence-corrected chi connectivity index (χ4v) is 7.95. The van der Waals surface area contributed by atoms with Crippen LogP contribution in [0.15, 0.2) is 0 Å². The van der Waals surface area contributed by atoms with Crippen LogP contribution in [0.25, 0.3) is 0 Å². The van der Waals surface area contributed by atoms with Gasteiger partial charge in [0.15, 0.2) is 0 Å². The molecule has 0 spiro atoms. The van der Waals surface area contributed by atoms with Gasteiger partial charge in [0.25, 0.3) is 0 Å². The largest absolute Gasteiger partial charge is 0.400 e. The molecular formula is C26H48O4. The molecule has 0 amide bonds. The van der Waals surface area contributed by atoms with Gasteiger partial charge in [-0.05, 0) is 112 Å². The summed E-state index contributed by atoms with van der Waals surface area (Å²) in [6.45, 7) is 6.29. The van der Waals surface area contributed by atoms with Gasteiger partial charge in [0, 0.05) is 41.0 Å². The summed E-state index contributed by atoms with van der Waals surface area (Å²) in [4.78, 5) is 11.1. The molecule has 0 aliphatic heterocycles. The molecule has 0 saturated heterocycles. The van der Waals surface area contributed by atoms with Crippen molar-refractivity contribution in [2.45, 2.75) is 78.1 Å². The highest BCUT2D eigenvalue weighted by Gasteiger charge is 2.56. The lowest BCUT2D eigenvalue weighted by atomic mass is 9.49. The molecule has 0 bridgehead atoms. The van der Waals surface area contributed by atoms with Crippen LogP contribution in [-0.2, 0) is 14.3 Å². The Morgan fingerprint density at radius 2 is 1.63 bits per heavy atom. The van der Waals surface area contributed by atoms with Gasteiger partial charge in [0.05, 0.1) is 0 Å². The van der Waals surface area contributed by atoms with Crippen LogP contribution in [0.5, 0.6) is 0 Å². The number of rotatable bonds is 5. The van der Waals surface area contributed by atoms with Crippen LogP contribution >= 0.6 is 0 Å². The summed E-state index contributed by atoms with van der Waals surface area (Å²) in [5, 5.41) is 7.00. The first kappa shape index (κ1) is 25.8. The fraction of sp³-hybridized carbons (Fsp3) is 0.962. The van der Waals surface area contributed by atoms with E-state index in [-0.39, 0.29) is 0 Å². The normalized spacial score (nSPS) is 41.7. The zero-order chi connectivity index (χ0) is 22.1. The molecule has 8 atom stereocenters. The molecular weight excluding hydrogens is 376 g/mol. The smallest absolute Gasteiger partial charge is 0.120 e. The molecule has 0 heterocycles. The van der Waals surface area contributed by atoms with Crippen molar-refractivity contribution in [1.82, 2.24) is 0 Å². The van der Waals surface area contributed by atoms with Crippen LogP contribution < -0.4 is 0 Å². The van der Waals surface area contributed by atoms with Crippen LogP contribution in [-0.4, -0.2) is 45.9 Å². The second-order valence-corrected chi connectivity index (χ2v) is 10.4. The molecule has 176 valence electrons. The second kappa shape index (κ2) is 12.6. The molecule has 4 aliphatic carbocycles. The molecule has 4 aliphatic rings. The van der Waals surface area contributed by atoms with Crippen LogP contribution in [0, 0.1) is 46.8 Å². The number of aliphatic hydroxyl groups excluding tert-OH is 1. The SMILES string of the molecule is CCOC.CO.COCC1CCC2C(CCC3C2CCC2(C)C(CC=O)CCC32)C1. The molecule has 4 heteroatoms. The van der Waals surface area contributed by atoms with E-state index < -0.39 is 0 Å². The summed E-state index contributed by atoms with van der Waals surface area (Å²) in [7, 11) is 4.54. The lowest BCUT2D eigenvalue weighted by molar-refractivity contribution is -0.111. The first-order valence-electron chi connectivity index (χ1n) is 12.4. The van der Waals surface area contributed by atoms with Gasteiger partial charge < -0.3 is 19.4 Å². The van der Waals surface area contributed by atoms with E-state index in [0.29, 0.717) is 11.3 Å². The maximum absolute atomic E-state index is 11.1. The summed E-state index contributed by atoms with van der Waals surface area (Å²) in [6.07, 6.45) is 14.8. The minimum atomic E-state index is 0.474. The Labute approximate surface area is 185 Å². The zero-order valence-corrected chi connectivity index (χ0v) is 20.3. The van der Waals surface area contributed by atoms with Crippen molar-refractivity contribution < 1.29 is 19.4 Å². The Morgan fingerprint density at radius 1 is 0.933 bits per heavy atom. The van der Waals surface area contributed by atoms with Gasteiger partial charge in [-0.25, -0.2) is 0 Å². The molecule has 4 rings (SSSR count). The Morgan fingerprint density at radius 3 is 2.27 bits per heavy atom. The first-order valence-corrected chi connectivity index (χ1v) is 12.4. The van der Waals surface area contributed by atoms with Gasteiger partial charge in [-0.3, -0.25) is 0 Å². The number of aldehydes is 1. The third-order valence-corrected chi connectivity index (χ3v) is 9.33. The lowest BCUT2D eigenvalue weighted by Gasteiger charge is -2.56. The van der Waals surface area contributed by atoms with Crippen molar-refractivity contribution in [1.29, 1.82) is 0 Å². The molecule has 4 saturated carbocycles. The van der Waals surface area contributed by atoms with E-state index in [0.717, 1.165) is 62.3 Å². The Balaban J connectivity index is 0.000000481. The molecule has 30 heavy (non-hydrogen) atoms. The average Bonchev–Trinajstić information content (AvgIpc) is 3.12. The van der Waals surface area contributed by atoms with E-state index >= 15 is 0 Å². The topological polar surface area (TPSA) is 55.8 Å². The first-order chi connectivity index (χ1) is 14.6. The summed E-state index contributed by atoms with van der Waals surface area (Å²) in [6, 6.07) is 0. The predicted octanol–water partition coefficient (Wildman–Crippen LogP) is 5.37. The number of aliphatic hydroxyl groups is 1. The monoisotopic (exact) mass is 424 g/mol. The molecule has 1 N–H and O–H groups in total. The number of fused-ring (bicyclic) bond motifs is 5. The van der Waals surface area contributed by atoms with Crippen LogP contribution in [0.3, 0.4) is 0 Å². The second-order valence-electron chi connectivity index (χ2n) is 10.4. The molecule has 0 aromatic heterocycles. The van der Waals surface area contributed by atoms with Gasteiger partial charge in [0.2, 0.25) is 0 Å². The summed E-state index contributed by atoms with van der Waals surface area (Å²) >= 11 is 0. The average molecular weight is 425 g/mol. The van der Waals surface area contributed by atoms with Crippen molar-refractivity contribution >= 4 is 6.29 Å². The van der Waals surface area contributed by atoms with E-state index in [1.807, 2.05) is 14.0 Å². The van der Waals surface area contributed by atoms with E-state index in [1.54, 1.807) is 7.11 Å². The van der Waals surface area contributed by atoms with E-state index in [2.05, 4.69) is 11.7 Å². The third kappa shape index (κ3) is 5.48. The highest BCUT2D eigenvalue weighted by atomic mass is 16.5. The van der Waals surface area contributed by atoms with Gasteiger partial charge in [0.1, 0.15) is 6.29 Å². The third-order valence-electron chi connectivity index (χ3n) is 9.33. The van der Waals surface area contributed by atoms with E-state index in [1.165, 1.54) is 64.1 Å². The van der Waals surface area contributed by atoms with Crippen LogP contribution in [0.1, 0.15) is 78.1 Å². The zero-order valence-electron chi connectivity index (χ0n) is 20.3. The molecule has 8 unspecified atom stereocenters. The van der Waals surface area contributed by atoms with Gasteiger partial charge >= 0.3 is 0 Å². The number of carbonyl (C=O) groups excluding carboxylic acids is 1. The minimum Gasteiger partial charge on any atom is -0.400 e. The van der Waals surface area contributed by atoms with Crippen molar-refractivity contribution in [3.05, 3.63) is 0 Å². The van der Waals surface area contributed by atoms with Crippen LogP contribution in [0.4, 0.5) is 0 Å². The number of hydrogen-bond donors (Lipinski definition) is 1. The van der Waals surface area contributed by atoms with Gasteiger partial charge in [-0.2, -0.15) is 0 Å². The number of methoxy groups -OCH3 is 2. The highest BCUT2D eigenvalue weighted by Crippen LogP contribution is 2.64. The Hall–Kier alpha value is -0.450. The molecule has 4 nitrogen and oxygen atoms in total. The maximum Gasteiger partial charge on any atom is 0.120 e. The number of hydrogen-bond acceptors (Lipinski definition) is 4. The minimum absolute atomic E-state index is 0.474. The van der Waals surface area contributed by atoms with Gasteiger partial charge in [-0.1, -0.05) is 6.92 Å². The van der Waals surface area contributed by atoms with Crippen molar-refractivity contribution in [3.8, 4) is 0 Å². The molecule has 4 fully saturated rings. The lowest BCUT2D eigenvalue weighted by Crippen LogP contribution is -2.48. The van der Waals surface area contributed by atoms with Crippen molar-refractivity contribution in [2.24, 2.45) is 46.8 Å². The Kier molecular flexibility index (Phi) is 10.8. The van der Waals surface area contributed by atoms with E-state index in [9.17, 15) is 4.79 Å².